The first-order valence-corrected chi connectivity index (χ1v) is 8.98. The van der Waals surface area contributed by atoms with E-state index in [0.29, 0.717) is 11.4 Å². The molecule has 138 valence electrons. The number of aromatic nitrogens is 4. The standard InChI is InChI=1S/C20H21N5O2/c1-13(14-6-8-16(9-7-14)25-12-21-11-22-25)23-19(26)17-10-15-4-3-5-18(15)24-20(17)27-2/h6-13H,3-5H2,1-2H3,(H,23,26)/t13-/m0/s1. The fourth-order valence-corrected chi connectivity index (χ4v) is 3.39. The zero-order valence-corrected chi connectivity index (χ0v) is 15.3. The first-order valence-electron chi connectivity index (χ1n) is 8.98. The minimum absolute atomic E-state index is 0.153. The molecule has 1 aromatic carbocycles. The predicted octanol–water partition coefficient (Wildman–Crippen LogP) is 2.65. The van der Waals surface area contributed by atoms with Crippen LogP contribution in [0.4, 0.5) is 0 Å². The highest BCUT2D eigenvalue weighted by atomic mass is 16.5. The molecule has 0 aliphatic heterocycles. The Hall–Kier alpha value is -3.22. The van der Waals surface area contributed by atoms with E-state index in [1.54, 1.807) is 18.1 Å². The molecular weight excluding hydrogens is 342 g/mol. The third-order valence-electron chi connectivity index (χ3n) is 4.88. The van der Waals surface area contributed by atoms with Gasteiger partial charge in [0.25, 0.3) is 5.91 Å². The van der Waals surface area contributed by atoms with Gasteiger partial charge in [0.05, 0.1) is 18.8 Å². The van der Waals surface area contributed by atoms with Crippen LogP contribution < -0.4 is 10.1 Å². The van der Waals surface area contributed by atoms with Crippen LogP contribution in [0.25, 0.3) is 5.69 Å². The molecule has 1 atom stereocenters. The van der Waals surface area contributed by atoms with E-state index >= 15 is 0 Å². The van der Waals surface area contributed by atoms with Gasteiger partial charge in [0.2, 0.25) is 5.88 Å². The zero-order chi connectivity index (χ0) is 18.8. The highest BCUT2D eigenvalue weighted by Gasteiger charge is 2.22. The molecule has 1 aliphatic rings. The van der Waals surface area contributed by atoms with E-state index in [1.807, 2.05) is 37.3 Å². The normalized spacial score (nSPS) is 13.9. The Morgan fingerprint density at radius 2 is 2.07 bits per heavy atom. The largest absolute Gasteiger partial charge is 0.480 e. The highest BCUT2D eigenvalue weighted by Crippen LogP contribution is 2.27. The number of amides is 1. The molecule has 0 radical (unpaired) electrons. The lowest BCUT2D eigenvalue weighted by atomic mass is 10.1. The molecule has 7 nitrogen and oxygen atoms in total. The summed E-state index contributed by atoms with van der Waals surface area (Å²) in [5.74, 6) is 0.212. The Morgan fingerprint density at radius 3 is 2.78 bits per heavy atom. The maximum Gasteiger partial charge on any atom is 0.257 e. The number of ether oxygens (including phenoxy) is 1. The molecular formula is C20H21N5O2. The number of hydrogen-bond donors (Lipinski definition) is 1. The number of fused-ring (bicyclic) bond motifs is 1. The summed E-state index contributed by atoms with van der Waals surface area (Å²) in [4.78, 5) is 21.3. The molecule has 1 amide bonds. The fraction of sp³-hybridized carbons (Fsp3) is 0.300. The maximum atomic E-state index is 12.8. The second kappa shape index (κ2) is 7.19. The van der Waals surface area contributed by atoms with Gasteiger partial charge in [-0.2, -0.15) is 5.10 Å². The molecule has 0 saturated carbocycles. The van der Waals surface area contributed by atoms with Crippen LogP contribution in [0.15, 0.2) is 43.0 Å². The van der Waals surface area contributed by atoms with Crippen LogP contribution in [0, 0.1) is 0 Å². The van der Waals surface area contributed by atoms with Crippen molar-refractivity contribution in [2.75, 3.05) is 7.11 Å². The molecule has 0 saturated heterocycles. The summed E-state index contributed by atoms with van der Waals surface area (Å²) in [6.45, 7) is 1.95. The Labute approximate surface area is 157 Å². The monoisotopic (exact) mass is 363 g/mol. The van der Waals surface area contributed by atoms with Gasteiger partial charge in [0, 0.05) is 5.69 Å². The van der Waals surface area contributed by atoms with Crippen molar-refractivity contribution < 1.29 is 9.53 Å². The third kappa shape index (κ3) is 3.40. The minimum Gasteiger partial charge on any atom is -0.480 e. The number of nitrogens with zero attached hydrogens (tertiary/aromatic N) is 4. The van der Waals surface area contributed by atoms with Gasteiger partial charge in [-0.15, -0.1) is 0 Å². The lowest BCUT2D eigenvalue weighted by molar-refractivity contribution is 0.0936. The number of hydrogen-bond acceptors (Lipinski definition) is 5. The molecule has 2 aromatic heterocycles. The van der Waals surface area contributed by atoms with E-state index in [0.717, 1.165) is 41.8 Å². The summed E-state index contributed by atoms with van der Waals surface area (Å²) in [6, 6.07) is 9.61. The molecule has 0 fully saturated rings. The number of nitrogens with one attached hydrogen (secondary N) is 1. The number of pyridine rings is 1. The average molecular weight is 363 g/mol. The molecule has 0 unspecified atom stereocenters. The molecule has 0 bridgehead atoms. The van der Waals surface area contributed by atoms with Crippen LogP contribution in [0.3, 0.4) is 0 Å². The Morgan fingerprint density at radius 1 is 1.26 bits per heavy atom. The molecule has 3 aromatic rings. The van der Waals surface area contributed by atoms with Crippen LogP contribution in [-0.2, 0) is 12.8 Å². The van der Waals surface area contributed by atoms with Crippen molar-refractivity contribution in [3.63, 3.8) is 0 Å². The van der Waals surface area contributed by atoms with E-state index in [1.165, 1.54) is 6.33 Å². The van der Waals surface area contributed by atoms with E-state index in [-0.39, 0.29) is 11.9 Å². The second-order valence-electron chi connectivity index (χ2n) is 6.63. The molecule has 1 N–H and O–H groups in total. The van der Waals surface area contributed by atoms with Gasteiger partial charge < -0.3 is 10.1 Å². The zero-order valence-electron chi connectivity index (χ0n) is 15.3. The molecule has 0 spiro atoms. The fourth-order valence-electron chi connectivity index (χ4n) is 3.39. The molecule has 1 aliphatic carbocycles. The van der Waals surface area contributed by atoms with E-state index in [4.69, 9.17) is 4.74 Å². The van der Waals surface area contributed by atoms with Crippen molar-refractivity contribution in [3.05, 3.63) is 65.4 Å². The number of rotatable bonds is 5. The van der Waals surface area contributed by atoms with Crippen molar-refractivity contribution in [3.8, 4) is 11.6 Å². The van der Waals surface area contributed by atoms with Gasteiger partial charge in [0.1, 0.15) is 18.2 Å². The average Bonchev–Trinajstić information content (AvgIpc) is 3.38. The first kappa shape index (κ1) is 17.2. The Bertz CT molecular complexity index is 951. The number of carbonyl (C=O) groups is 1. The number of benzene rings is 1. The van der Waals surface area contributed by atoms with E-state index in [9.17, 15) is 4.79 Å². The van der Waals surface area contributed by atoms with Crippen molar-refractivity contribution in [2.45, 2.75) is 32.2 Å². The quantitative estimate of drug-likeness (QED) is 0.754. The Kier molecular flexibility index (Phi) is 4.58. The van der Waals surface area contributed by atoms with Crippen LogP contribution in [0.2, 0.25) is 0 Å². The van der Waals surface area contributed by atoms with E-state index in [2.05, 4.69) is 20.4 Å². The van der Waals surface area contributed by atoms with Gasteiger partial charge >= 0.3 is 0 Å². The summed E-state index contributed by atoms with van der Waals surface area (Å²) >= 11 is 0. The van der Waals surface area contributed by atoms with E-state index < -0.39 is 0 Å². The van der Waals surface area contributed by atoms with Gasteiger partial charge in [-0.1, -0.05) is 12.1 Å². The number of aryl methyl sites for hydroxylation is 2. The lowest BCUT2D eigenvalue weighted by Crippen LogP contribution is -2.27. The van der Waals surface area contributed by atoms with Crippen LogP contribution in [-0.4, -0.2) is 32.8 Å². The van der Waals surface area contributed by atoms with Crippen molar-refractivity contribution >= 4 is 5.91 Å². The third-order valence-corrected chi connectivity index (χ3v) is 4.88. The SMILES string of the molecule is COc1nc2c(cc1C(=O)N[C@@H](C)c1ccc(-n3cncn3)cc1)CCC2. The minimum atomic E-state index is -0.179. The van der Waals surface area contributed by atoms with Gasteiger partial charge in [-0.25, -0.2) is 14.6 Å². The van der Waals surface area contributed by atoms with Crippen molar-refractivity contribution in [2.24, 2.45) is 0 Å². The van der Waals surface area contributed by atoms with Gasteiger partial charge in [-0.3, -0.25) is 4.79 Å². The van der Waals surface area contributed by atoms with Crippen LogP contribution >= 0.6 is 0 Å². The maximum absolute atomic E-state index is 12.8. The molecule has 2 heterocycles. The topological polar surface area (TPSA) is 81.9 Å². The van der Waals surface area contributed by atoms with Crippen molar-refractivity contribution in [1.82, 2.24) is 25.1 Å². The second-order valence-corrected chi connectivity index (χ2v) is 6.63. The Balaban J connectivity index is 1.51. The summed E-state index contributed by atoms with van der Waals surface area (Å²) in [5, 5.41) is 7.15. The summed E-state index contributed by atoms with van der Waals surface area (Å²) < 4.78 is 7.04. The predicted molar refractivity (Wildman–Crippen MR) is 100 cm³/mol. The van der Waals surface area contributed by atoms with Crippen LogP contribution in [0.1, 0.15) is 46.6 Å². The summed E-state index contributed by atoms with van der Waals surface area (Å²) in [7, 11) is 1.55. The number of methoxy groups -OCH3 is 1. The van der Waals surface area contributed by atoms with Crippen molar-refractivity contribution in [1.29, 1.82) is 0 Å². The highest BCUT2D eigenvalue weighted by molar-refractivity contribution is 5.96. The number of carbonyl (C=O) groups excluding carboxylic acids is 1. The molecule has 7 heteroatoms. The molecule has 4 rings (SSSR count). The van der Waals surface area contributed by atoms with Gasteiger partial charge in [0.15, 0.2) is 0 Å². The van der Waals surface area contributed by atoms with Gasteiger partial charge in [-0.05, 0) is 55.5 Å². The summed E-state index contributed by atoms with van der Waals surface area (Å²) in [6.07, 6.45) is 6.13. The smallest absolute Gasteiger partial charge is 0.257 e. The summed E-state index contributed by atoms with van der Waals surface area (Å²) in [5.41, 5.74) is 4.59. The first-order chi connectivity index (χ1) is 13.2. The molecule has 27 heavy (non-hydrogen) atoms. The van der Waals surface area contributed by atoms with Crippen LogP contribution in [0.5, 0.6) is 5.88 Å². The lowest BCUT2D eigenvalue weighted by Gasteiger charge is -2.16.